The van der Waals surface area contributed by atoms with E-state index in [4.69, 9.17) is 11.6 Å². The molecule has 0 aromatic heterocycles. The highest BCUT2D eigenvalue weighted by molar-refractivity contribution is 7.99. The zero-order valence-electron chi connectivity index (χ0n) is 8.41. The van der Waals surface area contributed by atoms with E-state index >= 15 is 0 Å². The lowest BCUT2D eigenvalue weighted by Gasteiger charge is -2.07. The molecular formula is C10H10ClF2NOS. The van der Waals surface area contributed by atoms with Gasteiger partial charge in [0.05, 0.1) is 0 Å². The molecule has 0 bridgehead atoms. The Kier molecular flexibility index (Phi) is 5.02. The first-order valence-corrected chi connectivity index (χ1v) is 5.80. The zero-order valence-corrected chi connectivity index (χ0v) is 9.99. The predicted octanol–water partition coefficient (Wildman–Crippen LogP) is 3.57. The van der Waals surface area contributed by atoms with Gasteiger partial charge in [-0.1, -0.05) is 11.8 Å². The second-order valence-corrected chi connectivity index (χ2v) is 4.73. The monoisotopic (exact) mass is 265 g/mol. The van der Waals surface area contributed by atoms with E-state index in [9.17, 15) is 13.6 Å². The third kappa shape index (κ3) is 4.37. The lowest BCUT2D eigenvalue weighted by molar-refractivity contribution is -0.115. The molecule has 0 aliphatic carbocycles. The van der Waals surface area contributed by atoms with Crippen molar-refractivity contribution < 1.29 is 13.6 Å². The van der Waals surface area contributed by atoms with Gasteiger partial charge in [0.15, 0.2) is 0 Å². The number of benzene rings is 1. The highest BCUT2D eigenvalue weighted by Gasteiger charge is 2.09. The summed E-state index contributed by atoms with van der Waals surface area (Å²) in [6, 6.07) is 6.15. The van der Waals surface area contributed by atoms with Gasteiger partial charge >= 0.3 is 0 Å². The van der Waals surface area contributed by atoms with Gasteiger partial charge in [0.2, 0.25) is 5.91 Å². The molecule has 1 aromatic rings. The Bertz CT molecular complexity index is 356. The van der Waals surface area contributed by atoms with Crippen molar-refractivity contribution in [2.75, 3.05) is 5.32 Å². The number of thioether (sulfide) groups is 1. The van der Waals surface area contributed by atoms with Gasteiger partial charge in [0, 0.05) is 10.6 Å². The van der Waals surface area contributed by atoms with Crippen molar-refractivity contribution in [3.05, 3.63) is 24.3 Å². The van der Waals surface area contributed by atoms with Crippen LogP contribution in [0.2, 0.25) is 0 Å². The molecule has 0 fully saturated rings. The molecule has 1 aromatic carbocycles. The molecular weight excluding hydrogens is 256 g/mol. The zero-order chi connectivity index (χ0) is 12.1. The van der Waals surface area contributed by atoms with E-state index in [0.29, 0.717) is 22.3 Å². The normalized spacial score (nSPS) is 12.6. The standard InChI is InChI=1S/C10H10ClF2NOS/c1-6(11)9(15)14-7-2-4-8(5-3-7)16-10(12)13/h2-6,10H,1H3,(H,14,15). The van der Waals surface area contributed by atoms with Crippen LogP contribution in [0.4, 0.5) is 14.5 Å². The highest BCUT2D eigenvalue weighted by atomic mass is 35.5. The third-order valence-electron chi connectivity index (χ3n) is 1.71. The van der Waals surface area contributed by atoms with Gasteiger partial charge in [-0.05, 0) is 31.2 Å². The van der Waals surface area contributed by atoms with Crippen LogP contribution in [0.25, 0.3) is 0 Å². The second kappa shape index (κ2) is 6.06. The first kappa shape index (κ1) is 13.3. The topological polar surface area (TPSA) is 29.1 Å². The molecule has 0 heterocycles. The molecule has 16 heavy (non-hydrogen) atoms. The van der Waals surface area contributed by atoms with Crippen LogP contribution in [0.15, 0.2) is 29.2 Å². The first-order valence-electron chi connectivity index (χ1n) is 4.49. The summed E-state index contributed by atoms with van der Waals surface area (Å²) >= 11 is 6.02. The number of hydrogen-bond acceptors (Lipinski definition) is 2. The summed E-state index contributed by atoms with van der Waals surface area (Å²) in [5, 5.41) is 1.92. The van der Waals surface area contributed by atoms with Crippen molar-refractivity contribution in [3.8, 4) is 0 Å². The molecule has 1 N–H and O–H groups in total. The molecule has 1 amide bonds. The van der Waals surface area contributed by atoms with Gasteiger partial charge in [0.1, 0.15) is 5.38 Å². The smallest absolute Gasteiger partial charge is 0.288 e. The van der Waals surface area contributed by atoms with E-state index in [1.807, 2.05) is 0 Å². The fraction of sp³-hybridized carbons (Fsp3) is 0.300. The van der Waals surface area contributed by atoms with Crippen LogP contribution in [-0.4, -0.2) is 17.0 Å². The first-order chi connectivity index (χ1) is 7.49. The van der Waals surface area contributed by atoms with Gasteiger partial charge in [-0.25, -0.2) is 0 Å². The number of anilines is 1. The average molecular weight is 266 g/mol. The lowest BCUT2D eigenvalue weighted by atomic mass is 10.3. The molecule has 0 spiro atoms. The Morgan fingerprint density at radius 3 is 2.38 bits per heavy atom. The van der Waals surface area contributed by atoms with Gasteiger partial charge < -0.3 is 5.32 Å². The maximum atomic E-state index is 12.0. The molecule has 0 saturated carbocycles. The Labute approximate surface area is 101 Å². The van der Waals surface area contributed by atoms with Crippen LogP contribution in [0.1, 0.15) is 6.92 Å². The number of amides is 1. The third-order valence-corrected chi connectivity index (χ3v) is 2.63. The predicted molar refractivity (Wildman–Crippen MR) is 62.2 cm³/mol. The van der Waals surface area contributed by atoms with E-state index in [0.717, 1.165) is 0 Å². The quantitative estimate of drug-likeness (QED) is 0.666. The van der Waals surface area contributed by atoms with Crippen LogP contribution in [-0.2, 0) is 4.79 Å². The van der Waals surface area contributed by atoms with Crippen LogP contribution in [0, 0.1) is 0 Å². The Balaban J connectivity index is 2.61. The van der Waals surface area contributed by atoms with Crippen molar-refractivity contribution in [2.45, 2.75) is 23.0 Å². The van der Waals surface area contributed by atoms with Crippen molar-refractivity contribution in [1.29, 1.82) is 0 Å². The van der Waals surface area contributed by atoms with Gasteiger partial charge in [0.25, 0.3) is 5.76 Å². The number of alkyl halides is 3. The number of halogens is 3. The highest BCUT2D eigenvalue weighted by Crippen LogP contribution is 2.26. The van der Waals surface area contributed by atoms with E-state index in [-0.39, 0.29) is 5.91 Å². The van der Waals surface area contributed by atoms with Crippen LogP contribution in [0.3, 0.4) is 0 Å². The van der Waals surface area contributed by atoms with Crippen molar-refractivity contribution >= 4 is 35.0 Å². The fourth-order valence-electron chi connectivity index (χ4n) is 0.961. The minimum absolute atomic E-state index is 0.323. The van der Waals surface area contributed by atoms with Crippen LogP contribution < -0.4 is 5.32 Å². The summed E-state index contributed by atoms with van der Waals surface area (Å²) in [7, 11) is 0. The number of rotatable bonds is 4. The van der Waals surface area contributed by atoms with E-state index in [1.54, 1.807) is 19.1 Å². The minimum Gasteiger partial charge on any atom is -0.325 e. The van der Waals surface area contributed by atoms with Gasteiger partial charge in [-0.3, -0.25) is 4.79 Å². The molecule has 6 heteroatoms. The minimum atomic E-state index is -2.44. The number of nitrogens with one attached hydrogen (secondary N) is 1. The molecule has 1 atom stereocenters. The van der Waals surface area contributed by atoms with E-state index in [1.165, 1.54) is 12.1 Å². The van der Waals surface area contributed by atoms with E-state index in [2.05, 4.69) is 5.32 Å². The van der Waals surface area contributed by atoms with Crippen molar-refractivity contribution in [2.24, 2.45) is 0 Å². The summed E-state index contributed by atoms with van der Waals surface area (Å²) < 4.78 is 24.0. The summed E-state index contributed by atoms with van der Waals surface area (Å²) in [5.41, 5.74) is 0.538. The number of carbonyl (C=O) groups is 1. The van der Waals surface area contributed by atoms with Crippen molar-refractivity contribution in [1.82, 2.24) is 0 Å². The Morgan fingerprint density at radius 2 is 1.94 bits per heavy atom. The molecule has 2 nitrogen and oxygen atoms in total. The van der Waals surface area contributed by atoms with E-state index < -0.39 is 11.1 Å². The maximum Gasteiger partial charge on any atom is 0.288 e. The Morgan fingerprint density at radius 1 is 1.38 bits per heavy atom. The summed E-state index contributed by atoms with van der Waals surface area (Å²) in [4.78, 5) is 11.7. The number of carbonyl (C=O) groups excluding carboxylic acids is 1. The Hall–Kier alpha value is -0.810. The van der Waals surface area contributed by atoms with Crippen LogP contribution in [0.5, 0.6) is 0 Å². The van der Waals surface area contributed by atoms with Crippen molar-refractivity contribution in [3.63, 3.8) is 0 Å². The molecule has 1 rings (SSSR count). The number of hydrogen-bond donors (Lipinski definition) is 1. The summed E-state index contributed by atoms with van der Waals surface area (Å²) in [6.45, 7) is 1.55. The largest absolute Gasteiger partial charge is 0.325 e. The molecule has 1 unspecified atom stereocenters. The molecule has 0 aliphatic heterocycles. The average Bonchev–Trinajstić information content (AvgIpc) is 2.20. The van der Waals surface area contributed by atoms with Gasteiger partial charge in [-0.15, -0.1) is 11.6 Å². The molecule has 0 saturated heterocycles. The van der Waals surface area contributed by atoms with Crippen LogP contribution >= 0.6 is 23.4 Å². The summed E-state index contributed by atoms with van der Waals surface area (Å²) in [6.07, 6.45) is 0. The fourth-order valence-corrected chi connectivity index (χ4v) is 1.51. The lowest BCUT2D eigenvalue weighted by Crippen LogP contribution is -2.20. The molecule has 0 aliphatic rings. The van der Waals surface area contributed by atoms with Gasteiger partial charge in [-0.2, -0.15) is 8.78 Å². The second-order valence-electron chi connectivity index (χ2n) is 3.01. The molecule has 88 valence electrons. The molecule has 0 radical (unpaired) electrons. The summed E-state index contributed by atoms with van der Waals surface area (Å²) in [5.74, 6) is -2.76. The maximum absolute atomic E-state index is 12.0. The SMILES string of the molecule is CC(Cl)C(=O)Nc1ccc(SC(F)F)cc1.